The summed E-state index contributed by atoms with van der Waals surface area (Å²) in [4.78, 5) is 29.4. The van der Waals surface area contributed by atoms with E-state index in [-0.39, 0.29) is 17.8 Å². The lowest BCUT2D eigenvalue weighted by molar-refractivity contribution is -0.124. The van der Waals surface area contributed by atoms with Crippen LogP contribution in [0.15, 0.2) is 65.2 Å². The van der Waals surface area contributed by atoms with Gasteiger partial charge >= 0.3 is 5.97 Å². The SMILES string of the molecule is Cc1noc2nc(-c3ccccc3)cc(C(=O)OCC(=O)NCc3ccccc3Cl)c12. The highest BCUT2D eigenvalue weighted by Crippen LogP contribution is 2.27. The summed E-state index contributed by atoms with van der Waals surface area (Å²) in [5, 5.41) is 7.60. The lowest BCUT2D eigenvalue weighted by Gasteiger charge is -2.09. The number of aryl methyl sites for hydroxylation is 1. The number of aromatic nitrogens is 2. The molecule has 0 bridgehead atoms. The van der Waals surface area contributed by atoms with Crippen molar-refractivity contribution in [2.75, 3.05) is 6.61 Å². The number of carbonyl (C=O) groups excluding carboxylic acids is 2. The standard InChI is InChI=1S/C23H18ClN3O4/c1-14-21-17(11-19(26-22(21)31-27-14)15-7-3-2-4-8-15)23(29)30-13-20(28)25-12-16-9-5-6-10-18(16)24/h2-11H,12-13H2,1H3,(H,25,28). The average molecular weight is 436 g/mol. The molecule has 1 N–H and O–H groups in total. The molecule has 4 aromatic rings. The molecule has 0 saturated carbocycles. The van der Waals surface area contributed by atoms with Crippen molar-refractivity contribution in [3.05, 3.63) is 82.5 Å². The summed E-state index contributed by atoms with van der Waals surface area (Å²) < 4.78 is 10.5. The second kappa shape index (κ2) is 8.97. The maximum absolute atomic E-state index is 12.8. The molecule has 0 atom stereocenters. The Bertz CT molecular complexity index is 1250. The molecule has 156 valence electrons. The van der Waals surface area contributed by atoms with Crippen molar-refractivity contribution >= 4 is 34.6 Å². The third kappa shape index (κ3) is 4.57. The Hall–Kier alpha value is -3.71. The molecule has 0 fully saturated rings. The predicted molar refractivity (Wildman–Crippen MR) is 116 cm³/mol. The topological polar surface area (TPSA) is 94.3 Å². The molecule has 0 unspecified atom stereocenters. The normalized spacial score (nSPS) is 10.8. The van der Waals surface area contributed by atoms with E-state index in [4.69, 9.17) is 20.9 Å². The highest BCUT2D eigenvalue weighted by molar-refractivity contribution is 6.31. The lowest BCUT2D eigenvalue weighted by Crippen LogP contribution is -2.28. The Morgan fingerprint density at radius 1 is 1.10 bits per heavy atom. The summed E-state index contributed by atoms with van der Waals surface area (Å²) >= 11 is 6.08. The van der Waals surface area contributed by atoms with Gasteiger partial charge in [-0.2, -0.15) is 0 Å². The largest absolute Gasteiger partial charge is 0.452 e. The van der Waals surface area contributed by atoms with Crippen LogP contribution in [0.1, 0.15) is 21.6 Å². The minimum Gasteiger partial charge on any atom is -0.452 e. The minimum atomic E-state index is -0.663. The van der Waals surface area contributed by atoms with Crippen molar-refractivity contribution < 1.29 is 18.8 Å². The number of halogens is 1. The number of carbonyl (C=O) groups is 2. The fraction of sp³-hybridized carbons (Fsp3) is 0.130. The zero-order valence-electron chi connectivity index (χ0n) is 16.6. The number of nitrogens with one attached hydrogen (secondary N) is 1. The summed E-state index contributed by atoms with van der Waals surface area (Å²) in [5.41, 5.74) is 3.10. The molecule has 8 heteroatoms. The average Bonchev–Trinajstić information content (AvgIpc) is 3.17. The van der Waals surface area contributed by atoms with Gasteiger partial charge in [-0.1, -0.05) is 65.3 Å². The van der Waals surface area contributed by atoms with E-state index in [9.17, 15) is 9.59 Å². The predicted octanol–water partition coefficient (Wildman–Crippen LogP) is 4.32. The first-order chi connectivity index (χ1) is 15.0. The quantitative estimate of drug-likeness (QED) is 0.453. The van der Waals surface area contributed by atoms with Crippen LogP contribution in [0.25, 0.3) is 22.4 Å². The molecule has 0 saturated heterocycles. The molecule has 0 spiro atoms. The molecule has 2 aromatic carbocycles. The monoisotopic (exact) mass is 435 g/mol. The summed E-state index contributed by atoms with van der Waals surface area (Å²) in [7, 11) is 0. The second-order valence-electron chi connectivity index (χ2n) is 6.81. The number of fused-ring (bicyclic) bond motifs is 1. The Morgan fingerprint density at radius 3 is 2.61 bits per heavy atom. The van der Waals surface area contributed by atoms with Crippen molar-refractivity contribution in [1.29, 1.82) is 0 Å². The van der Waals surface area contributed by atoms with Crippen LogP contribution in [-0.4, -0.2) is 28.6 Å². The van der Waals surface area contributed by atoms with Gasteiger partial charge in [-0.05, 0) is 24.6 Å². The van der Waals surface area contributed by atoms with Crippen molar-refractivity contribution in [1.82, 2.24) is 15.5 Å². The van der Waals surface area contributed by atoms with Gasteiger partial charge in [-0.15, -0.1) is 0 Å². The van der Waals surface area contributed by atoms with Gasteiger partial charge in [0, 0.05) is 17.1 Å². The first kappa shape index (κ1) is 20.6. The van der Waals surface area contributed by atoms with Gasteiger partial charge in [0.25, 0.3) is 11.6 Å². The number of amides is 1. The van der Waals surface area contributed by atoms with Crippen LogP contribution >= 0.6 is 11.6 Å². The summed E-state index contributed by atoms with van der Waals surface area (Å²) in [5.74, 6) is -1.10. The second-order valence-corrected chi connectivity index (χ2v) is 7.22. The van der Waals surface area contributed by atoms with E-state index in [1.165, 1.54) is 0 Å². The van der Waals surface area contributed by atoms with Crippen molar-refractivity contribution in [3.63, 3.8) is 0 Å². The first-order valence-electron chi connectivity index (χ1n) is 9.52. The smallest absolute Gasteiger partial charge is 0.339 e. The van der Waals surface area contributed by atoms with Crippen LogP contribution in [0.5, 0.6) is 0 Å². The molecule has 0 radical (unpaired) electrons. The molecule has 7 nitrogen and oxygen atoms in total. The zero-order chi connectivity index (χ0) is 21.8. The fourth-order valence-corrected chi connectivity index (χ4v) is 3.31. The van der Waals surface area contributed by atoms with Gasteiger partial charge in [0.05, 0.1) is 22.3 Å². The highest BCUT2D eigenvalue weighted by Gasteiger charge is 2.21. The van der Waals surface area contributed by atoms with E-state index in [1.807, 2.05) is 42.5 Å². The number of pyridine rings is 1. The van der Waals surface area contributed by atoms with Gasteiger partial charge < -0.3 is 14.6 Å². The summed E-state index contributed by atoms with van der Waals surface area (Å²) in [6, 6.07) is 18.2. The van der Waals surface area contributed by atoms with Crippen LogP contribution in [0.4, 0.5) is 0 Å². The molecule has 0 aliphatic carbocycles. The molecule has 0 aliphatic heterocycles. The molecule has 1 amide bonds. The number of esters is 1. The maximum Gasteiger partial charge on any atom is 0.339 e. The van der Waals surface area contributed by atoms with Crippen LogP contribution in [-0.2, 0) is 16.1 Å². The van der Waals surface area contributed by atoms with Gasteiger partial charge in [0.1, 0.15) is 0 Å². The molecule has 2 aromatic heterocycles. The maximum atomic E-state index is 12.8. The van der Waals surface area contributed by atoms with Crippen molar-refractivity contribution in [2.24, 2.45) is 0 Å². The van der Waals surface area contributed by atoms with E-state index in [1.54, 1.807) is 25.1 Å². The van der Waals surface area contributed by atoms with Crippen molar-refractivity contribution in [2.45, 2.75) is 13.5 Å². The van der Waals surface area contributed by atoms with E-state index < -0.39 is 18.5 Å². The fourth-order valence-electron chi connectivity index (χ4n) is 3.11. The third-order valence-electron chi connectivity index (χ3n) is 4.67. The Balaban J connectivity index is 1.50. The molecular weight excluding hydrogens is 418 g/mol. The molecular formula is C23H18ClN3O4. The Morgan fingerprint density at radius 2 is 1.84 bits per heavy atom. The Kier molecular flexibility index (Phi) is 5.95. The summed E-state index contributed by atoms with van der Waals surface area (Å²) in [6.45, 7) is 1.51. The number of nitrogens with zero attached hydrogens (tertiary/aromatic N) is 2. The Labute approximate surface area is 183 Å². The number of hydrogen-bond donors (Lipinski definition) is 1. The van der Waals surface area contributed by atoms with Gasteiger partial charge in [0.15, 0.2) is 6.61 Å². The van der Waals surface area contributed by atoms with E-state index in [0.29, 0.717) is 21.8 Å². The lowest BCUT2D eigenvalue weighted by atomic mass is 10.1. The van der Waals surface area contributed by atoms with E-state index >= 15 is 0 Å². The van der Waals surface area contributed by atoms with E-state index in [0.717, 1.165) is 11.1 Å². The molecule has 2 heterocycles. The number of benzene rings is 2. The van der Waals surface area contributed by atoms with Crippen molar-refractivity contribution in [3.8, 4) is 11.3 Å². The minimum absolute atomic E-state index is 0.231. The first-order valence-corrected chi connectivity index (χ1v) is 9.90. The molecule has 4 rings (SSSR count). The highest BCUT2D eigenvalue weighted by atomic mass is 35.5. The van der Waals surface area contributed by atoms with Gasteiger partial charge in [-0.25, -0.2) is 9.78 Å². The van der Waals surface area contributed by atoms with Crippen LogP contribution in [0.3, 0.4) is 0 Å². The molecule has 0 aliphatic rings. The summed E-state index contributed by atoms with van der Waals surface area (Å²) in [6.07, 6.45) is 0. The number of hydrogen-bond acceptors (Lipinski definition) is 6. The van der Waals surface area contributed by atoms with Gasteiger partial charge in [-0.3, -0.25) is 4.79 Å². The van der Waals surface area contributed by atoms with Gasteiger partial charge in [0.2, 0.25) is 0 Å². The number of ether oxygens (including phenoxy) is 1. The van der Waals surface area contributed by atoms with Crippen LogP contribution < -0.4 is 5.32 Å². The van der Waals surface area contributed by atoms with Crippen LogP contribution in [0, 0.1) is 6.92 Å². The van der Waals surface area contributed by atoms with Crippen LogP contribution in [0.2, 0.25) is 5.02 Å². The van der Waals surface area contributed by atoms with E-state index in [2.05, 4.69) is 15.5 Å². The third-order valence-corrected chi connectivity index (χ3v) is 5.04. The molecule has 31 heavy (non-hydrogen) atoms. The zero-order valence-corrected chi connectivity index (χ0v) is 17.3. The number of rotatable bonds is 6.